The van der Waals surface area contributed by atoms with Gasteiger partial charge in [0.2, 0.25) is 0 Å². The monoisotopic (exact) mass is 192 g/mol. The van der Waals surface area contributed by atoms with E-state index < -0.39 is 0 Å². The van der Waals surface area contributed by atoms with Crippen molar-refractivity contribution < 1.29 is 4.74 Å². The summed E-state index contributed by atoms with van der Waals surface area (Å²) in [6, 6.07) is 3.15. The second-order valence-corrected chi connectivity index (χ2v) is 2.68. The standard InChI is InChI=1S/C8H8N4O2/c1-14-8-10-4-5-2-3-6(13)12(9)7(5)11-8/h2-4H,9H2,1H3. The van der Waals surface area contributed by atoms with Gasteiger partial charge in [-0.3, -0.25) is 4.79 Å². The van der Waals surface area contributed by atoms with Gasteiger partial charge in [0.15, 0.2) is 5.65 Å². The lowest BCUT2D eigenvalue weighted by molar-refractivity contribution is 0.381. The lowest BCUT2D eigenvalue weighted by Gasteiger charge is -2.03. The Kier molecular flexibility index (Phi) is 1.81. The Morgan fingerprint density at radius 1 is 1.50 bits per heavy atom. The van der Waals surface area contributed by atoms with Crippen molar-refractivity contribution in [2.24, 2.45) is 0 Å². The Morgan fingerprint density at radius 3 is 3.00 bits per heavy atom. The van der Waals surface area contributed by atoms with Gasteiger partial charge in [-0.25, -0.2) is 9.66 Å². The van der Waals surface area contributed by atoms with Crippen LogP contribution >= 0.6 is 0 Å². The van der Waals surface area contributed by atoms with Crippen LogP contribution in [0.2, 0.25) is 0 Å². The summed E-state index contributed by atoms with van der Waals surface area (Å²) in [4.78, 5) is 19.0. The summed E-state index contributed by atoms with van der Waals surface area (Å²) in [6.45, 7) is 0. The zero-order chi connectivity index (χ0) is 10.1. The summed E-state index contributed by atoms with van der Waals surface area (Å²) in [5, 5.41) is 0.688. The minimum absolute atomic E-state index is 0.183. The number of nitrogens with two attached hydrogens (primary N) is 1. The van der Waals surface area contributed by atoms with Crippen LogP contribution in [0.1, 0.15) is 0 Å². The van der Waals surface area contributed by atoms with E-state index in [0.29, 0.717) is 11.0 Å². The molecule has 0 aliphatic rings. The minimum atomic E-state index is -0.321. The first-order chi connectivity index (χ1) is 6.72. The molecule has 0 aromatic carbocycles. The topological polar surface area (TPSA) is 83.0 Å². The van der Waals surface area contributed by atoms with Gasteiger partial charge in [0.25, 0.3) is 5.56 Å². The Labute approximate surface area is 78.9 Å². The number of rotatable bonds is 1. The molecule has 2 aromatic heterocycles. The van der Waals surface area contributed by atoms with E-state index in [1.807, 2.05) is 0 Å². The van der Waals surface area contributed by atoms with E-state index >= 15 is 0 Å². The predicted octanol–water partition coefficient (Wildman–Crippen LogP) is -0.486. The van der Waals surface area contributed by atoms with Crippen LogP contribution in [0, 0.1) is 0 Å². The summed E-state index contributed by atoms with van der Waals surface area (Å²) >= 11 is 0. The van der Waals surface area contributed by atoms with Crippen molar-refractivity contribution in [1.29, 1.82) is 0 Å². The molecule has 2 N–H and O–H groups in total. The molecule has 0 radical (unpaired) electrons. The maximum atomic E-state index is 11.2. The summed E-state index contributed by atoms with van der Waals surface area (Å²) < 4.78 is 5.78. The van der Waals surface area contributed by atoms with Gasteiger partial charge in [0.1, 0.15) is 0 Å². The molecule has 2 aromatic rings. The van der Waals surface area contributed by atoms with Crippen molar-refractivity contribution in [2.45, 2.75) is 0 Å². The lowest BCUT2D eigenvalue weighted by Crippen LogP contribution is -2.27. The highest BCUT2D eigenvalue weighted by Gasteiger charge is 2.03. The van der Waals surface area contributed by atoms with E-state index in [0.717, 1.165) is 4.68 Å². The molecule has 6 nitrogen and oxygen atoms in total. The summed E-state index contributed by atoms with van der Waals surface area (Å²) in [5.41, 5.74) is 0.0302. The fourth-order valence-corrected chi connectivity index (χ4v) is 1.12. The van der Waals surface area contributed by atoms with Crippen LogP contribution in [0.3, 0.4) is 0 Å². The van der Waals surface area contributed by atoms with Gasteiger partial charge in [0, 0.05) is 17.6 Å². The van der Waals surface area contributed by atoms with E-state index in [1.54, 1.807) is 12.3 Å². The molecule has 0 fully saturated rings. The van der Waals surface area contributed by atoms with Crippen molar-refractivity contribution in [3.8, 4) is 6.01 Å². The molecule has 0 atom stereocenters. The predicted molar refractivity (Wildman–Crippen MR) is 50.5 cm³/mol. The molecule has 0 aliphatic carbocycles. The molecule has 0 bridgehead atoms. The van der Waals surface area contributed by atoms with E-state index in [1.165, 1.54) is 13.2 Å². The van der Waals surface area contributed by atoms with E-state index in [2.05, 4.69) is 9.97 Å². The highest BCUT2D eigenvalue weighted by molar-refractivity contribution is 5.74. The molecule has 14 heavy (non-hydrogen) atoms. The molecule has 0 spiro atoms. The van der Waals surface area contributed by atoms with Crippen molar-refractivity contribution >= 4 is 11.0 Å². The van der Waals surface area contributed by atoms with Crippen LogP contribution in [-0.2, 0) is 0 Å². The third kappa shape index (κ3) is 1.17. The minimum Gasteiger partial charge on any atom is -0.467 e. The zero-order valence-corrected chi connectivity index (χ0v) is 7.47. The molecular weight excluding hydrogens is 184 g/mol. The second kappa shape index (κ2) is 2.99. The number of hydrogen-bond acceptors (Lipinski definition) is 5. The van der Waals surface area contributed by atoms with Crippen LogP contribution in [0.4, 0.5) is 0 Å². The first kappa shape index (κ1) is 8.49. The van der Waals surface area contributed by atoms with Crippen molar-refractivity contribution in [3.05, 3.63) is 28.7 Å². The van der Waals surface area contributed by atoms with Gasteiger partial charge in [-0.05, 0) is 6.07 Å². The van der Waals surface area contributed by atoms with Gasteiger partial charge in [-0.1, -0.05) is 0 Å². The Morgan fingerprint density at radius 2 is 2.29 bits per heavy atom. The lowest BCUT2D eigenvalue weighted by atomic mass is 10.3. The number of fused-ring (bicyclic) bond motifs is 1. The highest BCUT2D eigenvalue weighted by atomic mass is 16.5. The first-order valence-corrected chi connectivity index (χ1v) is 3.90. The van der Waals surface area contributed by atoms with E-state index in [-0.39, 0.29) is 11.6 Å². The molecule has 6 heteroatoms. The Balaban J connectivity index is 2.84. The molecule has 0 amide bonds. The maximum absolute atomic E-state index is 11.2. The van der Waals surface area contributed by atoms with Crippen molar-refractivity contribution in [1.82, 2.24) is 14.6 Å². The highest BCUT2D eigenvalue weighted by Crippen LogP contribution is 2.09. The molecule has 0 saturated heterocycles. The molecule has 2 heterocycles. The molecule has 0 unspecified atom stereocenters. The normalized spacial score (nSPS) is 10.4. The number of pyridine rings is 1. The number of ether oxygens (including phenoxy) is 1. The van der Waals surface area contributed by atoms with Crippen LogP contribution in [0.5, 0.6) is 6.01 Å². The van der Waals surface area contributed by atoms with Gasteiger partial charge < -0.3 is 10.6 Å². The average molecular weight is 192 g/mol. The Hall–Kier alpha value is -2.11. The van der Waals surface area contributed by atoms with Crippen molar-refractivity contribution in [3.63, 3.8) is 0 Å². The SMILES string of the molecule is COc1ncc2ccc(=O)n(N)c2n1. The molecule has 0 aliphatic heterocycles. The fourth-order valence-electron chi connectivity index (χ4n) is 1.12. The molecular formula is C8H8N4O2. The van der Waals surface area contributed by atoms with Gasteiger partial charge in [-0.2, -0.15) is 4.98 Å². The van der Waals surface area contributed by atoms with Gasteiger partial charge >= 0.3 is 6.01 Å². The first-order valence-electron chi connectivity index (χ1n) is 3.90. The average Bonchev–Trinajstić information content (AvgIpc) is 2.23. The van der Waals surface area contributed by atoms with Crippen LogP contribution in [0.25, 0.3) is 11.0 Å². The molecule has 2 rings (SSSR count). The van der Waals surface area contributed by atoms with E-state index in [4.69, 9.17) is 10.6 Å². The molecule has 0 saturated carbocycles. The van der Waals surface area contributed by atoms with E-state index in [9.17, 15) is 4.79 Å². The second-order valence-electron chi connectivity index (χ2n) is 2.68. The van der Waals surface area contributed by atoms with Gasteiger partial charge in [0.05, 0.1) is 7.11 Å². The maximum Gasteiger partial charge on any atom is 0.318 e. The number of nitrogen functional groups attached to an aromatic ring is 1. The third-order valence-corrected chi connectivity index (χ3v) is 1.83. The van der Waals surface area contributed by atoms with Gasteiger partial charge in [-0.15, -0.1) is 0 Å². The van der Waals surface area contributed by atoms with Crippen LogP contribution in [0.15, 0.2) is 23.1 Å². The number of methoxy groups -OCH3 is 1. The summed E-state index contributed by atoms with van der Waals surface area (Å²) in [6.07, 6.45) is 1.55. The largest absolute Gasteiger partial charge is 0.467 e. The number of aromatic nitrogens is 3. The van der Waals surface area contributed by atoms with Crippen molar-refractivity contribution in [2.75, 3.05) is 13.0 Å². The van der Waals surface area contributed by atoms with Crippen LogP contribution < -0.4 is 16.1 Å². The summed E-state index contributed by atoms with van der Waals surface area (Å²) in [5.74, 6) is 5.50. The third-order valence-electron chi connectivity index (χ3n) is 1.83. The Bertz CT molecular complexity index is 534. The van der Waals surface area contributed by atoms with Crippen LogP contribution in [-0.4, -0.2) is 21.8 Å². The zero-order valence-electron chi connectivity index (χ0n) is 7.47. The fraction of sp³-hybridized carbons (Fsp3) is 0.125. The number of hydrogen-bond donors (Lipinski definition) is 1. The quantitative estimate of drug-likeness (QED) is 0.616. The summed E-state index contributed by atoms with van der Waals surface area (Å²) in [7, 11) is 1.45. The smallest absolute Gasteiger partial charge is 0.318 e. The number of nitrogens with zero attached hydrogens (tertiary/aromatic N) is 3. The molecule has 72 valence electrons.